The van der Waals surface area contributed by atoms with E-state index in [1.165, 1.54) is 56.9 Å². The van der Waals surface area contributed by atoms with Gasteiger partial charge in [-0.15, -0.1) is 0 Å². The van der Waals surface area contributed by atoms with E-state index in [0.717, 1.165) is 23.7 Å². The van der Waals surface area contributed by atoms with E-state index in [0.29, 0.717) is 16.9 Å². The summed E-state index contributed by atoms with van der Waals surface area (Å²) in [5.74, 6) is 3.55. The fraction of sp³-hybridized carbons (Fsp3) is 0.708. The minimum absolute atomic E-state index is 0.360. The standard InChI is InChI=1S/C24H34N2/c1-23-11-9-18(25)14-17(23)5-6-19-21-8-7-20(16-4-3-13-26-15-16)24(21,2)12-10-22(19)23/h3-4,7,13,15,17-19,21-22H,5-6,8-12,14,25H2,1-2H3/t17?,18-,19?,21?,22?,23?,24?/m1/s1. The molecule has 26 heavy (non-hydrogen) atoms. The number of fused-ring (bicyclic) bond motifs is 5. The van der Waals surface area contributed by atoms with Crippen LogP contribution in [0, 0.1) is 34.5 Å². The molecule has 0 aliphatic heterocycles. The average molecular weight is 351 g/mol. The van der Waals surface area contributed by atoms with Crippen molar-refractivity contribution in [1.82, 2.24) is 4.98 Å². The van der Waals surface area contributed by atoms with Crippen molar-refractivity contribution in [1.29, 1.82) is 0 Å². The number of hydrogen-bond acceptors (Lipinski definition) is 2. The first-order chi connectivity index (χ1) is 12.5. The summed E-state index contributed by atoms with van der Waals surface area (Å²) in [5, 5.41) is 0. The summed E-state index contributed by atoms with van der Waals surface area (Å²) in [6, 6.07) is 4.82. The van der Waals surface area contributed by atoms with Gasteiger partial charge in [0.05, 0.1) is 0 Å². The Kier molecular flexibility index (Phi) is 3.87. The predicted molar refractivity (Wildman–Crippen MR) is 107 cm³/mol. The largest absolute Gasteiger partial charge is 0.328 e. The molecule has 3 saturated carbocycles. The predicted octanol–water partition coefficient (Wildman–Crippen LogP) is 5.44. The van der Waals surface area contributed by atoms with Crippen molar-refractivity contribution >= 4 is 5.57 Å². The van der Waals surface area contributed by atoms with Crippen LogP contribution in [0.4, 0.5) is 0 Å². The van der Waals surface area contributed by atoms with Crippen LogP contribution in [0.1, 0.15) is 70.8 Å². The van der Waals surface area contributed by atoms with E-state index >= 15 is 0 Å². The van der Waals surface area contributed by atoms with Gasteiger partial charge in [0.2, 0.25) is 0 Å². The molecule has 4 aliphatic rings. The minimum atomic E-state index is 0.360. The first kappa shape index (κ1) is 17.0. The molecule has 2 nitrogen and oxygen atoms in total. The maximum absolute atomic E-state index is 6.34. The van der Waals surface area contributed by atoms with Crippen molar-refractivity contribution < 1.29 is 0 Å². The number of hydrogen-bond donors (Lipinski definition) is 1. The topological polar surface area (TPSA) is 38.9 Å². The van der Waals surface area contributed by atoms with Crippen LogP contribution in [0.3, 0.4) is 0 Å². The molecule has 0 bridgehead atoms. The third-order valence-electron chi connectivity index (χ3n) is 9.26. The summed E-state index contributed by atoms with van der Waals surface area (Å²) in [6.07, 6.45) is 17.3. The normalized spacial score (nSPS) is 47.5. The number of nitrogens with zero attached hydrogens (tertiary/aromatic N) is 1. The Morgan fingerprint density at radius 2 is 1.96 bits per heavy atom. The highest BCUT2D eigenvalue weighted by Crippen LogP contribution is 2.67. The van der Waals surface area contributed by atoms with Crippen molar-refractivity contribution in [3.63, 3.8) is 0 Å². The SMILES string of the molecule is CC12CCC3C(CCC4C[C@H](N)CCC43C)C1CC=C2c1cccnc1. The number of rotatable bonds is 1. The smallest absolute Gasteiger partial charge is 0.0343 e. The molecule has 1 aromatic heterocycles. The van der Waals surface area contributed by atoms with Crippen molar-refractivity contribution in [3.05, 3.63) is 36.2 Å². The molecule has 2 heteroatoms. The summed E-state index contributed by atoms with van der Waals surface area (Å²) in [5.41, 5.74) is 10.2. The molecule has 0 amide bonds. The van der Waals surface area contributed by atoms with E-state index < -0.39 is 0 Å². The van der Waals surface area contributed by atoms with Gasteiger partial charge in [-0.3, -0.25) is 4.98 Å². The fourth-order valence-electron chi connectivity index (χ4n) is 7.83. The molecule has 4 aliphatic carbocycles. The lowest BCUT2D eigenvalue weighted by Crippen LogP contribution is -2.54. The Morgan fingerprint density at radius 3 is 2.77 bits per heavy atom. The van der Waals surface area contributed by atoms with E-state index in [1.54, 1.807) is 5.57 Å². The van der Waals surface area contributed by atoms with Crippen LogP contribution in [-0.2, 0) is 0 Å². The summed E-state index contributed by atoms with van der Waals surface area (Å²) in [6.45, 7) is 5.19. The third kappa shape index (κ3) is 2.30. The van der Waals surface area contributed by atoms with Crippen LogP contribution in [0.5, 0.6) is 0 Å². The van der Waals surface area contributed by atoms with Gasteiger partial charge in [-0.05, 0) is 103 Å². The minimum Gasteiger partial charge on any atom is -0.328 e. The first-order valence-electron chi connectivity index (χ1n) is 10.9. The zero-order valence-corrected chi connectivity index (χ0v) is 16.5. The molecule has 0 aromatic carbocycles. The lowest BCUT2D eigenvalue weighted by Gasteiger charge is -2.61. The second kappa shape index (κ2) is 5.92. The van der Waals surface area contributed by atoms with Crippen molar-refractivity contribution in [3.8, 4) is 0 Å². The van der Waals surface area contributed by atoms with Gasteiger partial charge >= 0.3 is 0 Å². The van der Waals surface area contributed by atoms with Gasteiger partial charge in [-0.1, -0.05) is 26.0 Å². The fourth-order valence-corrected chi connectivity index (χ4v) is 7.83. The lowest BCUT2D eigenvalue weighted by molar-refractivity contribution is -0.0980. The number of aromatic nitrogens is 1. The molecule has 0 radical (unpaired) electrons. The summed E-state index contributed by atoms with van der Waals surface area (Å²) in [4.78, 5) is 4.40. The first-order valence-corrected chi connectivity index (χ1v) is 10.9. The number of nitrogens with two attached hydrogens (primary N) is 1. The van der Waals surface area contributed by atoms with Gasteiger partial charge in [-0.25, -0.2) is 0 Å². The second-order valence-electron chi connectivity index (χ2n) is 10.2. The molecular formula is C24H34N2. The number of pyridine rings is 1. The molecule has 1 heterocycles. The van der Waals surface area contributed by atoms with E-state index in [4.69, 9.17) is 5.73 Å². The zero-order chi connectivity index (χ0) is 17.9. The van der Waals surface area contributed by atoms with Crippen LogP contribution >= 0.6 is 0 Å². The van der Waals surface area contributed by atoms with Gasteiger partial charge in [0, 0.05) is 18.4 Å². The van der Waals surface area contributed by atoms with Crippen LogP contribution < -0.4 is 5.73 Å². The summed E-state index contributed by atoms with van der Waals surface area (Å²) in [7, 11) is 0. The second-order valence-corrected chi connectivity index (χ2v) is 10.2. The lowest BCUT2D eigenvalue weighted by atomic mass is 9.44. The average Bonchev–Trinajstić information content (AvgIpc) is 3.00. The van der Waals surface area contributed by atoms with Gasteiger partial charge in [-0.2, -0.15) is 0 Å². The molecule has 3 fully saturated rings. The molecule has 5 rings (SSSR count). The third-order valence-corrected chi connectivity index (χ3v) is 9.26. The Labute approximate surface area is 158 Å². The monoisotopic (exact) mass is 350 g/mol. The quantitative estimate of drug-likeness (QED) is 0.732. The van der Waals surface area contributed by atoms with Gasteiger partial charge in [0.1, 0.15) is 0 Å². The molecular weight excluding hydrogens is 316 g/mol. The summed E-state index contributed by atoms with van der Waals surface area (Å²) < 4.78 is 0. The Hall–Kier alpha value is -1.15. The van der Waals surface area contributed by atoms with Crippen molar-refractivity contribution in [2.75, 3.05) is 0 Å². The highest BCUT2D eigenvalue weighted by Gasteiger charge is 2.58. The Morgan fingerprint density at radius 1 is 1.08 bits per heavy atom. The Bertz CT molecular complexity index is 710. The van der Waals surface area contributed by atoms with Crippen molar-refractivity contribution in [2.24, 2.45) is 40.2 Å². The van der Waals surface area contributed by atoms with Crippen LogP contribution in [0.15, 0.2) is 30.6 Å². The highest BCUT2D eigenvalue weighted by atomic mass is 14.7. The molecule has 0 saturated heterocycles. The molecule has 6 unspecified atom stereocenters. The van der Waals surface area contributed by atoms with Gasteiger partial charge in [0.25, 0.3) is 0 Å². The van der Waals surface area contributed by atoms with Crippen LogP contribution in [0.2, 0.25) is 0 Å². The summed E-state index contributed by atoms with van der Waals surface area (Å²) >= 11 is 0. The van der Waals surface area contributed by atoms with E-state index in [-0.39, 0.29) is 0 Å². The van der Waals surface area contributed by atoms with Crippen LogP contribution in [0.25, 0.3) is 5.57 Å². The van der Waals surface area contributed by atoms with E-state index in [1.807, 2.05) is 6.20 Å². The van der Waals surface area contributed by atoms with E-state index in [2.05, 4.69) is 43.2 Å². The van der Waals surface area contributed by atoms with Crippen molar-refractivity contribution in [2.45, 2.75) is 71.3 Å². The molecule has 7 atom stereocenters. The molecule has 2 N–H and O–H groups in total. The molecule has 140 valence electrons. The zero-order valence-electron chi connectivity index (χ0n) is 16.5. The number of allylic oxidation sites excluding steroid dienone is 2. The van der Waals surface area contributed by atoms with Gasteiger partial charge in [0.15, 0.2) is 0 Å². The Balaban J connectivity index is 1.44. The maximum Gasteiger partial charge on any atom is 0.0343 e. The van der Waals surface area contributed by atoms with E-state index in [9.17, 15) is 0 Å². The highest BCUT2D eigenvalue weighted by molar-refractivity contribution is 5.72. The molecule has 1 aromatic rings. The maximum atomic E-state index is 6.34. The van der Waals surface area contributed by atoms with Crippen LogP contribution in [-0.4, -0.2) is 11.0 Å². The van der Waals surface area contributed by atoms with Gasteiger partial charge < -0.3 is 5.73 Å². The molecule has 0 spiro atoms.